The second kappa shape index (κ2) is 12.4. The number of halogens is 2. The van der Waals surface area contributed by atoms with Gasteiger partial charge in [0.2, 0.25) is 5.91 Å². The number of hydrogen-bond acceptors (Lipinski definition) is 7. The van der Waals surface area contributed by atoms with E-state index >= 15 is 4.39 Å². The van der Waals surface area contributed by atoms with Gasteiger partial charge in [-0.15, -0.1) is 0 Å². The van der Waals surface area contributed by atoms with Crippen LogP contribution in [0.4, 0.5) is 14.5 Å². The van der Waals surface area contributed by atoms with Gasteiger partial charge in [0.15, 0.2) is 5.82 Å². The Kier molecular flexibility index (Phi) is 7.97. The standard InChI is InChI=1S/C35H27F2N7O3S/c1-48(46,47)12-10-21-13-22(16-24(36)14-21)32-33-28(9-11-39-32)41-35(42-33)34-30-27(43-44-34)8-7-26(31(30)37)23-17-25(19-38-18-23)40-29(45)15-20-5-3-2-4-6-20/h2-9,11,13-14,16-19H,10,12,15H2,1H3,(H,40,45)(H,41,42)(H,43,44). The Labute approximate surface area is 273 Å². The van der Waals surface area contributed by atoms with Crippen LogP contribution in [0, 0.1) is 11.6 Å². The first-order chi connectivity index (χ1) is 23.1. The number of fused-ring (bicyclic) bond motifs is 2. The molecule has 7 aromatic rings. The minimum atomic E-state index is -3.25. The van der Waals surface area contributed by atoms with E-state index in [-0.39, 0.29) is 47.0 Å². The molecule has 3 aromatic carbocycles. The van der Waals surface area contributed by atoms with Crippen LogP contribution < -0.4 is 5.32 Å². The maximum Gasteiger partial charge on any atom is 0.228 e. The van der Waals surface area contributed by atoms with Crippen LogP contribution in [-0.2, 0) is 27.5 Å². The summed E-state index contributed by atoms with van der Waals surface area (Å²) in [6.07, 6.45) is 6.01. The van der Waals surface area contributed by atoms with E-state index in [0.717, 1.165) is 11.8 Å². The molecule has 0 aliphatic heterocycles. The molecule has 0 radical (unpaired) electrons. The molecule has 0 saturated heterocycles. The molecule has 240 valence electrons. The summed E-state index contributed by atoms with van der Waals surface area (Å²) in [5.74, 6) is -1.19. The van der Waals surface area contributed by atoms with Crippen molar-refractivity contribution in [2.75, 3.05) is 17.3 Å². The van der Waals surface area contributed by atoms with Crippen molar-refractivity contribution in [3.8, 4) is 33.9 Å². The van der Waals surface area contributed by atoms with E-state index < -0.39 is 21.5 Å². The third-order valence-electron chi connectivity index (χ3n) is 7.83. The topological polar surface area (TPSA) is 146 Å². The number of anilines is 1. The number of pyridine rings is 2. The zero-order valence-corrected chi connectivity index (χ0v) is 26.3. The van der Waals surface area contributed by atoms with Gasteiger partial charge in [-0.1, -0.05) is 30.3 Å². The van der Waals surface area contributed by atoms with Crippen molar-refractivity contribution in [1.29, 1.82) is 0 Å². The van der Waals surface area contributed by atoms with Crippen LogP contribution in [0.25, 0.3) is 55.8 Å². The fourth-order valence-corrected chi connectivity index (χ4v) is 6.21. The summed E-state index contributed by atoms with van der Waals surface area (Å²) in [6.45, 7) is 0. The van der Waals surface area contributed by atoms with Gasteiger partial charge in [0.25, 0.3) is 0 Å². The number of sulfone groups is 1. The summed E-state index contributed by atoms with van der Waals surface area (Å²) in [6, 6.07) is 20.3. The van der Waals surface area contributed by atoms with Gasteiger partial charge in [0.05, 0.1) is 46.2 Å². The van der Waals surface area contributed by atoms with E-state index in [4.69, 9.17) is 4.98 Å². The number of rotatable bonds is 9. The number of H-pyrrole nitrogens is 2. The number of aromatic amines is 2. The van der Waals surface area contributed by atoms with E-state index in [2.05, 4.69) is 30.5 Å². The molecule has 0 unspecified atom stereocenters. The Morgan fingerprint density at radius 3 is 2.54 bits per heavy atom. The first-order valence-electron chi connectivity index (χ1n) is 14.9. The molecular weight excluding hydrogens is 636 g/mol. The molecule has 1 amide bonds. The molecule has 0 fully saturated rings. The summed E-state index contributed by atoms with van der Waals surface area (Å²) in [5.41, 5.74) is 4.91. The Morgan fingerprint density at radius 2 is 1.73 bits per heavy atom. The van der Waals surface area contributed by atoms with Crippen LogP contribution in [0.15, 0.2) is 91.4 Å². The number of aromatic nitrogens is 6. The van der Waals surface area contributed by atoms with E-state index in [1.165, 1.54) is 24.5 Å². The van der Waals surface area contributed by atoms with Crippen LogP contribution >= 0.6 is 0 Å². The third-order valence-corrected chi connectivity index (χ3v) is 8.77. The second-order valence-electron chi connectivity index (χ2n) is 11.5. The molecule has 7 rings (SSSR count). The van der Waals surface area contributed by atoms with Gasteiger partial charge in [-0.2, -0.15) is 5.10 Å². The molecule has 0 aliphatic rings. The molecule has 10 nitrogen and oxygen atoms in total. The number of carbonyl (C=O) groups is 1. The van der Waals surface area contributed by atoms with Crippen molar-refractivity contribution in [1.82, 2.24) is 30.1 Å². The van der Waals surface area contributed by atoms with E-state index in [9.17, 15) is 17.6 Å². The Hall–Kier alpha value is -5.82. The van der Waals surface area contributed by atoms with Crippen LogP contribution in [0.1, 0.15) is 11.1 Å². The molecule has 0 atom stereocenters. The average Bonchev–Trinajstić information content (AvgIpc) is 3.69. The first kappa shape index (κ1) is 30.8. The van der Waals surface area contributed by atoms with Gasteiger partial charge < -0.3 is 10.3 Å². The van der Waals surface area contributed by atoms with E-state index in [1.807, 2.05) is 30.3 Å². The lowest BCUT2D eigenvalue weighted by Gasteiger charge is -2.09. The van der Waals surface area contributed by atoms with Crippen molar-refractivity contribution in [3.05, 3.63) is 114 Å². The van der Waals surface area contributed by atoms with Crippen LogP contribution in [0.2, 0.25) is 0 Å². The highest BCUT2D eigenvalue weighted by Crippen LogP contribution is 2.35. The lowest BCUT2D eigenvalue weighted by atomic mass is 10.0. The smallest absolute Gasteiger partial charge is 0.228 e. The highest BCUT2D eigenvalue weighted by Gasteiger charge is 2.21. The maximum absolute atomic E-state index is 16.3. The normalized spacial score (nSPS) is 11.7. The number of nitrogens with zero attached hydrogens (tertiary/aromatic N) is 4. The predicted octanol–water partition coefficient (Wildman–Crippen LogP) is 6.28. The maximum atomic E-state index is 16.3. The van der Waals surface area contributed by atoms with Gasteiger partial charge >= 0.3 is 0 Å². The second-order valence-corrected chi connectivity index (χ2v) is 13.7. The fourth-order valence-electron chi connectivity index (χ4n) is 5.60. The minimum absolute atomic E-state index is 0.122. The molecule has 3 N–H and O–H groups in total. The number of imidazole rings is 1. The number of aryl methyl sites for hydroxylation is 1. The lowest BCUT2D eigenvalue weighted by Crippen LogP contribution is -2.14. The zero-order valence-electron chi connectivity index (χ0n) is 25.5. The molecule has 0 spiro atoms. The molecule has 48 heavy (non-hydrogen) atoms. The van der Waals surface area contributed by atoms with Crippen LogP contribution in [0.5, 0.6) is 0 Å². The summed E-state index contributed by atoms with van der Waals surface area (Å²) in [5, 5.41) is 10.2. The first-order valence-corrected chi connectivity index (χ1v) is 17.0. The van der Waals surface area contributed by atoms with Crippen molar-refractivity contribution in [2.24, 2.45) is 0 Å². The van der Waals surface area contributed by atoms with Gasteiger partial charge in [0, 0.05) is 35.3 Å². The number of hydrogen-bond donors (Lipinski definition) is 3. The number of carbonyl (C=O) groups excluding carboxylic acids is 1. The largest absolute Gasteiger partial charge is 0.336 e. The Balaban J connectivity index is 1.22. The average molecular weight is 664 g/mol. The molecule has 13 heteroatoms. The molecule has 0 aliphatic carbocycles. The summed E-state index contributed by atoms with van der Waals surface area (Å²) >= 11 is 0. The van der Waals surface area contributed by atoms with Crippen LogP contribution in [0.3, 0.4) is 0 Å². The van der Waals surface area contributed by atoms with E-state index in [1.54, 1.807) is 36.5 Å². The third kappa shape index (κ3) is 6.40. The van der Waals surface area contributed by atoms with Crippen molar-refractivity contribution < 1.29 is 22.0 Å². The summed E-state index contributed by atoms with van der Waals surface area (Å²) in [4.78, 5) is 29.2. The highest BCUT2D eigenvalue weighted by molar-refractivity contribution is 7.90. The Bertz CT molecular complexity index is 2440. The number of nitrogens with one attached hydrogen (secondary N) is 3. The molecule has 0 saturated carbocycles. The van der Waals surface area contributed by atoms with Gasteiger partial charge in [0.1, 0.15) is 32.7 Å². The highest BCUT2D eigenvalue weighted by atomic mass is 32.2. The quantitative estimate of drug-likeness (QED) is 0.165. The molecule has 4 heterocycles. The predicted molar refractivity (Wildman–Crippen MR) is 180 cm³/mol. The minimum Gasteiger partial charge on any atom is -0.336 e. The van der Waals surface area contributed by atoms with Gasteiger partial charge in [-0.25, -0.2) is 22.2 Å². The number of benzene rings is 3. The Morgan fingerprint density at radius 1 is 0.896 bits per heavy atom. The summed E-state index contributed by atoms with van der Waals surface area (Å²) in [7, 11) is -3.25. The molecule has 0 bridgehead atoms. The number of amides is 1. The molecule has 4 aromatic heterocycles. The van der Waals surface area contributed by atoms with Crippen molar-refractivity contribution >= 4 is 43.4 Å². The summed E-state index contributed by atoms with van der Waals surface area (Å²) < 4.78 is 54.4. The lowest BCUT2D eigenvalue weighted by molar-refractivity contribution is -0.115. The van der Waals surface area contributed by atoms with Gasteiger partial charge in [-0.3, -0.25) is 19.9 Å². The molecular formula is C35H27F2N7O3S. The fraction of sp³-hybridized carbons (Fsp3) is 0.114. The monoisotopic (exact) mass is 663 g/mol. The van der Waals surface area contributed by atoms with Gasteiger partial charge in [-0.05, 0) is 60.0 Å². The van der Waals surface area contributed by atoms with Crippen LogP contribution in [-0.4, -0.2) is 56.5 Å². The zero-order chi connectivity index (χ0) is 33.4. The SMILES string of the molecule is CS(=O)(=O)CCc1cc(F)cc(-c2nccc3[nH]c(-c4n[nH]c5ccc(-c6cncc(NC(=O)Cc7ccccc7)c6)c(F)c45)nc23)c1. The van der Waals surface area contributed by atoms with Crippen molar-refractivity contribution in [2.45, 2.75) is 12.8 Å². The van der Waals surface area contributed by atoms with Crippen molar-refractivity contribution in [3.63, 3.8) is 0 Å². The van der Waals surface area contributed by atoms with E-state index in [0.29, 0.717) is 44.6 Å².